The zero-order valence-corrected chi connectivity index (χ0v) is 21.1. The van der Waals surface area contributed by atoms with E-state index in [1.807, 2.05) is 30.3 Å². The Kier molecular flexibility index (Phi) is 7.69. The molecule has 0 aliphatic rings. The average molecular weight is 511 g/mol. The maximum Gasteiger partial charge on any atom is 0.359 e. The Balaban J connectivity index is 2.14. The zero-order valence-electron chi connectivity index (χ0n) is 18.8. The highest BCUT2D eigenvalue weighted by atomic mass is 35.5. The van der Waals surface area contributed by atoms with Gasteiger partial charge in [0.25, 0.3) is 5.91 Å². The van der Waals surface area contributed by atoms with Crippen molar-refractivity contribution in [2.45, 2.75) is 19.4 Å². The highest BCUT2D eigenvalue weighted by Gasteiger charge is 2.32. The lowest BCUT2D eigenvalue weighted by Gasteiger charge is -2.25. The van der Waals surface area contributed by atoms with Crippen LogP contribution in [0.2, 0.25) is 8.67 Å². The van der Waals surface area contributed by atoms with E-state index in [1.54, 1.807) is 37.4 Å². The Morgan fingerprint density at radius 1 is 1.21 bits per heavy atom. The van der Waals surface area contributed by atoms with Gasteiger partial charge in [0.2, 0.25) is 5.95 Å². The molecule has 0 saturated heterocycles. The molecular formula is C22H24Cl2N4O4S. The first kappa shape index (κ1) is 25.0. The van der Waals surface area contributed by atoms with Crippen LogP contribution in [0.4, 0.5) is 11.8 Å². The summed E-state index contributed by atoms with van der Waals surface area (Å²) in [6.45, 7) is 3.65. The van der Waals surface area contributed by atoms with Gasteiger partial charge in [-0.15, -0.1) is 11.3 Å². The van der Waals surface area contributed by atoms with Crippen molar-refractivity contribution in [2.75, 3.05) is 38.0 Å². The SMILES string of the molecule is COCC(C)(C)OC(=O)c1c(NC(=O)c2cc(Cl)sc2Cl)nc(N(C)C)n1-c1ccccc1. The predicted octanol–water partition coefficient (Wildman–Crippen LogP) is 5.14. The minimum atomic E-state index is -0.915. The number of carbonyl (C=O) groups excluding carboxylic acids is 2. The number of nitrogens with zero attached hydrogens (tertiary/aromatic N) is 3. The van der Waals surface area contributed by atoms with E-state index in [2.05, 4.69) is 10.3 Å². The summed E-state index contributed by atoms with van der Waals surface area (Å²) in [6, 6.07) is 10.7. The van der Waals surface area contributed by atoms with Crippen LogP contribution < -0.4 is 10.2 Å². The van der Waals surface area contributed by atoms with Gasteiger partial charge in [0.05, 0.1) is 16.5 Å². The van der Waals surface area contributed by atoms with E-state index < -0.39 is 17.5 Å². The molecule has 11 heteroatoms. The number of hydrogen-bond acceptors (Lipinski definition) is 7. The summed E-state index contributed by atoms with van der Waals surface area (Å²) < 4.78 is 13.1. The van der Waals surface area contributed by atoms with Crippen molar-refractivity contribution in [3.63, 3.8) is 0 Å². The summed E-state index contributed by atoms with van der Waals surface area (Å²) in [5.74, 6) is -0.769. The second kappa shape index (κ2) is 10.1. The molecule has 1 N–H and O–H groups in total. The minimum Gasteiger partial charge on any atom is -0.452 e. The van der Waals surface area contributed by atoms with Crippen LogP contribution in [0, 0.1) is 0 Å². The fourth-order valence-electron chi connectivity index (χ4n) is 3.15. The Bertz CT molecular complexity index is 1160. The monoisotopic (exact) mass is 510 g/mol. The molecule has 33 heavy (non-hydrogen) atoms. The van der Waals surface area contributed by atoms with E-state index in [4.69, 9.17) is 32.7 Å². The number of carbonyl (C=O) groups is 2. The topological polar surface area (TPSA) is 85.7 Å². The van der Waals surface area contributed by atoms with Gasteiger partial charge < -0.3 is 19.7 Å². The van der Waals surface area contributed by atoms with E-state index in [-0.39, 0.29) is 28.0 Å². The fourth-order valence-corrected chi connectivity index (χ4v) is 4.61. The van der Waals surface area contributed by atoms with Crippen molar-refractivity contribution >= 4 is 58.2 Å². The van der Waals surface area contributed by atoms with Gasteiger partial charge in [-0.25, -0.2) is 4.79 Å². The Morgan fingerprint density at radius 3 is 2.42 bits per heavy atom. The molecule has 0 aliphatic carbocycles. The Hall–Kier alpha value is -2.59. The smallest absolute Gasteiger partial charge is 0.359 e. The van der Waals surface area contributed by atoms with Crippen molar-refractivity contribution in [2.24, 2.45) is 0 Å². The number of esters is 1. The van der Waals surface area contributed by atoms with Crippen LogP contribution in [-0.4, -0.2) is 54.8 Å². The van der Waals surface area contributed by atoms with Gasteiger partial charge in [-0.05, 0) is 32.0 Å². The van der Waals surface area contributed by atoms with Crippen molar-refractivity contribution in [3.8, 4) is 5.69 Å². The lowest BCUT2D eigenvalue weighted by Crippen LogP contribution is -2.34. The van der Waals surface area contributed by atoms with Gasteiger partial charge in [-0.1, -0.05) is 41.4 Å². The third-order valence-corrected chi connectivity index (χ3v) is 5.95. The van der Waals surface area contributed by atoms with Gasteiger partial charge >= 0.3 is 5.97 Å². The number of para-hydroxylation sites is 1. The first-order chi connectivity index (χ1) is 15.5. The van der Waals surface area contributed by atoms with Crippen LogP contribution >= 0.6 is 34.5 Å². The molecule has 0 unspecified atom stereocenters. The molecule has 0 aliphatic heterocycles. The number of aromatic nitrogens is 2. The summed E-state index contributed by atoms with van der Waals surface area (Å²) in [5, 5.41) is 2.70. The molecule has 0 bridgehead atoms. The van der Waals surface area contributed by atoms with E-state index in [9.17, 15) is 9.59 Å². The summed E-state index contributed by atoms with van der Waals surface area (Å²) >= 11 is 13.2. The van der Waals surface area contributed by atoms with E-state index in [1.165, 1.54) is 13.2 Å². The minimum absolute atomic E-state index is 0.0316. The molecule has 8 nitrogen and oxygen atoms in total. The number of anilines is 2. The molecule has 0 fully saturated rings. The Morgan fingerprint density at radius 2 is 1.88 bits per heavy atom. The molecule has 0 saturated carbocycles. The van der Waals surface area contributed by atoms with Gasteiger partial charge in [-0.3, -0.25) is 9.36 Å². The van der Waals surface area contributed by atoms with Crippen molar-refractivity contribution in [1.29, 1.82) is 0 Å². The molecule has 0 radical (unpaired) electrons. The maximum atomic E-state index is 13.4. The van der Waals surface area contributed by atoms with Crippen molar-refractivity contribution in [3.05, 3.63) is 56.3 Å². The number of thiophene rings is 1. The van der Waals surface area contributed by atoms with Crippen LogP contribution in [0.15, 0.2) is 36.4 Å². The van der Waals surface area contributed by atoms with Gasteiger partial charge in [0, 0.05) is 26.9 Å². The molecular weight excluding hydrogens is 487 g/mol. The highest BCUT2D eigenvalue weighted by Crippen LogP contribution is 2.33. The van der Waals surface area contributed by atoms with E-state index in [0.29, 0.717) is 16.0 Å². The van der Waals surface area contributed by atoms with E-state index >= 15 is 0 Å². The summed E-state index contributed by atoms with van der Waals surface area (Å²) in [7, 11) is 5.09. The van der Waals surface area contributed by atoms with Crippen LogP contribution in [0.1, 0.15) is 34.7 Å². The Labute approximate surface area is 206 Å². The number of methoxy groups -OCH3 is 1. The van der Waals surface area contributed by atoms with Crippen molar-refractivity contribution in [1.82, 2.24) is 9.55 Å². The zero-order chi connectivity index (χ0) is 24.3. The number of benzene rings is 1. The molecule has 0 spiro atoms. The van der Waals surface area contributed by atoms with Crippen LogP contribution in [0.3, 0.4) is 0 Å². The molecule has 176 valence electrons. The number of nitrogens with one attached hydrogen (secondary N) is 1. The fraction of sp³-hybridized carbons (Fsp3) is 0.318. The average Bonchev–Trinajstić information content (AvgIpc) is 3.27. The predicted molar refractivity (Wildman–Crippen MR) is 132 cm³/mol. The quantitative estimate of drug-likeness (QED) is 0.422. The second-order valence-electron chi connectivity index (χ2n) is 7.95. The number of ether oxygens (including phenoxy) is 2. The third-order valence-electron chi connectivity index (χ3n) is 4.46. The summed E-state index contributed by atoms with van der Waals surface area (Å²) in [4.78, 5) is 32.6. The normalized spacial score (nSPS) is 11.4. The van der Waals surface area contributed by atoms with Gasteiger partial charge in [0.15, 0.2) is 11.5 Å². The van der Waals surface area contributed by atoms with E-state index in [0.717, 1.165) is 11.3 Å². The number of amides is 1. The maximum absolute atomic E-state index is 13.4. The summed E-state index contributed by atoms with van der Waals surface area (Å²) in [6.07, 6.45) is 0. The van der Waals surface area contributed by atoms with Crippen LogP contribution in [0.5, 0.6) is 0 Å². The second-order valence-corrected chi connectivity index (χ2v) is 10.2. The first-order valence-electron chi connectivity index (χ1n) is 9.88. The number of rotatable bonds is 8. The molecule has 1 aromatic carbocycles. The molecule has 0 atom stereocenters. The molecule has 3 rings (SSSR count). The molecule has 2 heterocycles. The summed E-state index contributed by atoms with van der Waals surface area (Å²) in [5.41, 5.74) is -0.00462. The molecule has 3 aromatic rings. The number of imidazole rings is 1. The third kappa shape index (κ3) is 5.67. The first-order valence-corrected chi connectivity index (χ1v) is 11.4. The van der Waals surface area contributed by atoms with Crippen LogP contribution in [0.25, 0.3) is 5.69 Å². The van der Waals surface area contributed by atoms with Gasteiger partial charge in [-0.2, -0.15) is 4.98 Å². The number of halogens is 2. The van der Waals surface area contributed by atoms with Gasteiger partial charge in [0.1, 0.15) is 9.94 Å². The van der Waals surface area contributed by atoms with Crippen molar-refractivity contribution < 1.29 is 19.1 Å². The highest BCUT2D eigenvalue weighted by molar-refractivity contribution is 7.20. The molecule has 1 amide bonds. The van der Waals surface area contributed by atoms with Crippen LogP contribution in [-0.2, 0) is 9.47 Å². The molecule has 2 aromatic heterocycles. The standard InChI is InChI=1S/C22H24Cl2N4O4S/c1-22(2,12-31-5)32-20(30)16-18(25-19(29)14-11-15(23)33-17(14)24)26-21(27(3)4)28(16)13-9-7-6-8-10-13/h6-11H,12H2,1-5H3,(H,25,29). The number of hydrogen-bond donors (Lipinski definition) is 1. The lowest BCUT2D eigenvalue weighted by molar-refractivity contribution is -0.0370. The largest absolute Gasteiger partial charge is 0.452 e. The lowest BCUT2D eigenvalue weighted by atomic mass is 10.1.